The molecule has 3 rings (SSSR count). The molecule has 0 saturated heterocycles. The summed E-state index contributed by atoms with van der Waals surface area (Å²) in [5.41, 5.74) is 2.37. The van der Waals surface area contributed by atoms with Crippen molar-refractivity contribution in [2.45, 2.75) is 51.5 Å². The van der Waals surface area contributed by atoms with Gasteiger partial charge in [0.05, 0.1) is 6.04 Å². The number of hydrogen-bond donors (Lipinski definition) is 1. The number of carbonyl (C=O) groups excluding carboxylic acids is 1. The van der Waals surface area contributed by atoms with Gasteiger partial charge in [0, 0.05) is 12.6 Å². The van der Waals surface area contributed by atoms with Crippen LogP contribution in [0.2, 0.25) is 0 Å². The standard InChI is InChI=1S/C30H35NO3/c1-23(25-18-10-6-11-19-25)31(22-14-17-24-15-8-5-9-16-24)27(26-20-12-7-13-21-26)28(32)29(33)34-30(2,3)4/h5-21,23,27-28,32H,22H2,1-4H3/t23?,27-,28-/m0/s1. The van der Waals surface area contributed by atoms with Crippen molar-refractivity contribution >= 4 is 12.0 Å². The first-order valence-corrected chi connectivity index (χ1v) is 11.7. The van der Waals surface area contributed by atoms with Crippen LogP contribution < -0.4 is 0 Å². The number of esters is 1. The Morgan fingerprint density at radius 1 is 0.882 bits per heavy atom. The molecule has 0 radical (unpaired) electrons. The molecule has 3 aromatic rings. The van der Waals surface area contributed by atoms with Crippen LogP contribution >= 0.6 is 0 Å². The van der Waals surface area contributed by atoms with Crippen molar-refractivity contribution in [3.8, 4) is 0 Å². The van der Waals surface area contributed by atoms with Gasteiger partial charge in [-0.1, -0.05) is 103 Å². The van der Waals surface area contributed by atoms with E-state index in [1.54, 1.807) is 0 Å². The average Bonchev–Trinajstić information content (AvgIpc) is 2.83. The molecule has 0 aliphatic heterocycles. The number of ether oxygens (including phenoxy) is 1. The summed E-state index contributed by atoms with van der Waals surface area (Å²) in [7, 11) is 0. The molecule has 3 aromatic carbocycles. The largest absolute Gasteiger partial charge is 0.458 e. The summed E-state index contributed by atoms with van der Waals surface area (Å²) in [5, 5.41) is 11.3. The number of aliphatic hydroxyl groups is 1. The lowest BCUT2D eigenvalue weighted by Gasteiger charge is -2.38. The molecule has 0 aromatic heterocycles. The second-order valence-corrected chi connectivity index (χ2v) is 9.43. The van der Waals surface area contributed by atoms with Crippen molar-refractivity contribution in [2.75, 3.05) is 6.54 Å². The van der Waals surface area contributed by atoms with E-state index in [2.05, 4.69) is 36.1 Å². The predicted octanol–water partition coefficient (Wildman–Crippen LogP) is 6.21. The first-order valence-electron chi connectivity index (χ1n) is 11.7. The maximum Gasteiger partial charge on any atom is 0.337 e. The normalized spacial score (nSPS) is 14.6. The Balaban J connectivity index is 2.01. The van der Waals surface area contributed by atoms with Crippen molar-refractivity contribution in [3.05, 3.63) is 114 Å². The van der Waals surface area contributed by atoms with Crippen LogP contribution in [0.3, 0.4) is 0 Å². The van der Waals surface area contributed by atoms with E-state index >= 15 is 0 Å². The fourth-order valence-corrected chi connectivity index (χ4v) is 4.01. The highest BCUT2D eigenvalue weighted by atomic mass is 16.6. The third-order valence-electron chi connectivity index (χ3n) is 5.65. The first-order chi connectivity index (χ1) is 16.3. The molecule has 0 fully saturated rings. The van der Waals surface area contributed by atoms with Crippen LogP contribution in [0, 0.1) is 0 Å². The highest BCUT2D eigenvalue weighted by Crippen LogP contribution is 2.34. The topological polar surface area (TPSA) is 49.8 Å². The van der Waals surface area contributed by atoms with Gasteiger partial charge in [-0.3, -0.25) is 4.90 Å². The lowest BCUT2D eigenvalue weighted by molar-refractivity contribution is -0.169. The minimum atomic E-state index is -1.35. The Kier molecular flexibility index (Phi) is 8.80. The van der Waals surface area contributed by atoms with E-state index in [0.29, 0.717) is 6.54 Å². The Morgan fingerprint density at radius 3 is 1.91 bits per heavy atom. The molecule has 0 spiro atoms. The number of nitrogens with zero attached hydrogens (tertiary/aromatic N) is 1. The second-order valence-electron chi connectivity index (χ2n) is 9.43. The van der Waals surface area contributed by atoms with Gasteiger partial charge in [-0.25, -0.2) is 4.79 Å². The number of hydrogen-bond acceptors (Lipinski definition) is 4. The van der Waals surface area contributed by atoms with Gasteiger partial charge >= 0.3 is 5.97 Å². The molecule has 3 atom stereocenters. The predicted molar refractivity (Wildman–Crippen MR) is 138 cm³/mol. The summed E-state index contributed by atoms with van der Waals surface area (Å²) in [4.78, 5) is 15.2. The van der Waals surface area contributed by atoms with Gasteiger partial charge in [0.25, 0.3) is 0 Å². The van der Waals surface area contributed by atoms with E-state index in [0.717, 1.165) is 16.7 Å². The number of rotatable bonds is 9. The zero-order valence-electron chi connectivity index (χ0n) is 20.5. The zero-order valence-corrected chi connectivity index (χ0v) is 20.5. The van der Waals surface area contributed by atoms with Crippen molar-refractivity contribution in [2.24, 2.45) is 0 Å². The molecular weight excluding hydrogens is 422 g/mol. The van der Waals surface area contributed by atoms with Crippen LogP contribution in [-0.2, 0) is 9.53 Å². The number of benzene rings is 3. The summed E-state index contributed by atoms with van der Waals surface area (Å²) in [6.07, 6.45) is 2.79. The van der Waals surface area contributed by atoms with E-state index in [1.165, 1.54) is 0 Å². The van der Waals surface area contributed by atoms with Gasteiger partial charge in [0.2, 0.25) is 0 Å². The number of aliphatic hydroxyl groups excluding tert-OH is 1. The van der Waals surface area contributed by atoms with Gasteiger partial charge < -0.3 is 9.84 Å². The highest BCUT2D eigenvalue weighted by molar-refractivity contribution is 5.76. The first kappa shape index (κ1) is 25.4. The quantitative estimate of drug-likeness (QED) is 0.388. The van der Waals surface area contributed by atoms with Crippen LogP contribution in [-0.4, -0.2) is 34.2 Å². The molecule has 0 heterocycles. The summed E-state index contributed by atoms with van der Waals surface area (Å²) in [5.74, 6) is -0.626. The average molecular weight is 458 g/mol. The second kappa shape index (κ2) is 11.8. The molecule has 4 nitrogen and oxygen atoms in total. The Hall–Kier alpha value is -3.21. The van der Waals surface area contributed by atoms with E-state index in [1.807, 2.05) is 99.6 Å². The lowest BCUT2D eigenvalue weighted by Crippen LogP contribution is -2.44. The summed E-state index contributed by atoms with van der Waals surface area (Å²) >= 11 is 0. The fourth-order valence-electron chi connectivity index (χ4n) is 4.01. The maximum atomic E-state index is 13.0. The molecular formula is C30H35NO3. The van der Waals surface area contributed by atoms with Crippen molar-refractivity contribution in [1.29, 1.82) is 0 Å². The third kappa shape index (κ3) is 7.14. The van der Waals surface area contributed by atoms with E-state index in [-0.39, 0.29) is 6.04 Å². The van der Waals surface area contributed by atoms with Crippen molar-refractivity contribution in [3.63, 3.8) is 0 Å². The van der Waals surface area contributed by atoms with E-state index in [9.17, 15) is 9.90 Å². The maximum absolute atomic E-state index is 13.0. The highest BCUT2D eigenvalue weighted by Gasteiger charge is 2.37. The molecule has 1 unspecified atom stereocenters. The SMILES string of the molecule is CC(c1ccccc1)N(CC=Cc1ccccc1)[C@@H](c1ccccc1)[C@H](O)C(=O)OC(C)(C)C. The molecule has 0 aliphatic carbocycles. The van der Waals surface area contributed by atoms with E-state index in [4.69, 9.17) is 4.74 Å². The molecule has 1 N–H and O–H groups in total. The molecule has 34 heavy (non-hydrogen) atoms. The van der Waals surface area contributed by atoms with Crippen LogP contribution in [0.15, 0.2) is 97.1 Å². The molecule has 4 heteroatoms. The van der Waals surface area contributed by atoms with Crippen LogP contribution in [0.5, 0.6) is 0 Å². The van der Waals surface area contributed by atoms with Crippen molar-refractivity contribution in [1.82, 2.24) is 4.90 Å². The molecule has 178 valence electrons. The van der Waals surface area contributed by atoms with Crippen LogP contribution in [0.4, 0.5) is 0 Å². The lowest BCUT2D eigenvalue weighted by atomic mass is 9.95. The van der Waals surface area contributed by atoms with Crippen LogP contribution in [0.25, 0.3) is 6.08 Å². The molecule has 0 bridgehead atoms. The van der Waals surface area contributed by atoms with Gasteiger partial charge in [-0.2, -0.15) is 0 Å². The van der Waals surface area contributed by atoms with Gasteiger partial charge in [-0.15, -0.1) is 0 Å². The molecule has 0 amide bonds. The summed E-state index contributed by atoms with van der Waals surface area (Å²) in [6.45, 7) is 8.06. The van der Waals surface area contributed by atoms with Gasteiger partial charge in [0.15, 0.2) is 6.10 Å². The third-order valence-corrected chi connectivity index (χ3v) is 5.65. The van der Waals surface area contributed by atoms with Crippen molar-refractivity contribution < 1.29 is 14.6 Å². The van der Waals surface area contributed by atoms with Crippen LogP contribution in [0.1, 0.15) is 56.5 Å². The number of carbonyl (C=O) groups is 1. The molecule has 0 saturated carbocycles. The smallest absolute Gasteiger partial charge is 0.337 e. The van der Waals surface area contributed by atoms with E-state index < -0.39 is 23.7 Å². The van der Waals surface area contributed by atoms with Gasteiger partial charge in [-0.05, 0) is 44.4 Å². The Morgan fingerprint density at radius 2 is 1.38 bits per heavy atom. The Labute approximate surface area is 203 Å². The Bertz CT molecular complexity index is 1040. The summed E-state index contributed by atoms with van der Waals surface area (Å²) in [6, 6.07) is 29.3. The zero-order chi connectivity index (χ0) is 24.6. The monoisotopic (exact) mass is 457 g/mol. The molecule has 0 aliphatic rings. The summed E-state index contributed by atoms with van der Waals surface area (Å²) < 4.78 is 5.58. The van der Waals surface area contributed by atoms with Gasteiger partial charge in [0.1, 0.15) is 5.60 Å². The fraction of sp³-hybridized carbons (Fsp3) is 0.300. The minimum Gasteiger partial charge on any atom is -0.458 e. The minimum absolute atomic E-state index is 0.0658.